The number of urea groups is 1. The van der Waals surface area contributed by atoms with Crippen molar-refractivity contribution in [2.24, 2.45) is 11.1 Å². The Balaban J connectivity index is 2.82. The summed E-state index contributed by atoms with van der Waals surface area (Å²) in [5.74, 6) is -0.579. The number of carbonyl (C=O) groups excluding carboxylic acids is 2. The topological polar surface area (TPSA) is 110 Å². The summed E-state index contributed by atoms with van der Waals surface area (Å²) in [6.07, 6.45) is 0. The van der Waals surface area contributed by atoms with E-state index >= 15 is 0 Å². The van der Waals surface area contributed by atoms with E-state index in [0.717, 1.165) is 5.56 Å². The van der Waals surface area contributed by atoms with Crippen molar-refractivity contribution in [3.8, 4) is 0 Å². The standard InChI is InChI=1S/C14H22N4O2/c1-8-6-5-7-9(10(8)15)17-13(20)18-11(12(16)19)14(2,3)4/h5-7,11H,15H2,1-4H3,(H2,16,19)(H2,17,18,20)/t11-/m1/s1. The molecule has 6 N–H and O–H groups in total. The van der Waals surface area contributed by atoms with Crippen molar-refractivity contribution >= 4 is 23.3 Å². The molecular formula is C14H22N4O2. The molecule has 6 heteroatoms. The summed E-state index contributed by atoms with van der Waals surface area (Å²) in [5.41, 5.74) is 12.6. The molecule has 0 unspecified atom stereocenters. The maximum Gasteiger partial charge on any atom is 0.319 e. The van der Waals surface area contributed by atoms with Gasteiger partial charge in [0.05, 0.1) is 11.4 Å². The van der Waals surface area contributed by atoms with Gasteiger partial charge in [0.2, 0.25) is 5.91 Å². The smallest absolute Gasteiger partial charge is 0.319 e. The van der Waals surface area contributed by atoms with Gasteiger partial charge in [-0.05, 0) is 24.0 Å². The summed E-state index contributed by atoms with van der Waals surface area (Å²) >= 11 is 0. The zero-order valence-corrected chi connectivity index (χ0v) is 12.3. The van der Waals surface area contributed by atoms with Crippen LogP contribution in [-0.2, 0) is 4.79 Å². The molecule has 1 aromatic rings. The first-order chi connectivity index (χ1) is 9.12. The Morgan fingerprint density at radius 3 is 2.35 bits per heavy atom. The Morgan fingerprint density at radius 2 is 1.85 bits per heavy atom. The van der Waals surface area contributed by atoms with Crippen molar-refractivity contribution in [1.82, 2.24) is 5.32 Å². The van der Waals surface area contributed by atoms with Gasteiger partial charge >= 0.3 is 6.03 Å². The number of aryl methyl sites for hydroxylation is 1. The molecule has 3 amide bonds. The molecule has 0 aliphatic carbocycles. The minimum Gasteiger partial charge on any atom is -0.397 e. The molecule has 1 rings (SSSR count). The Kier molecular flexibility index (Phi) is 4.60. The molecule has 0 radical (unpaired) electrons. The predicted molar refractivity (Wildman–Crippen MR) is 80.2 cm³/mol. The molecule has 0 saturated heterocycles. The zero-order valence-electron chi connectivity index (χ0n) is 12.3. The molecular weight excluding hydrogens is 256 g/mol. The monoisotopic (exact) mass is 278 g/mol. The highest BCUT2D eigenvalue weighted by Gasteiger charge is 2.31. The molecule has 0 saturated carbocycles. The van der Waals surface area contributed by atoms with Gasteiger partial charge < -0.3 is 22.1 Å². The van der Waals surface area contributed by atoms with Crippen LogP contribution < -0.4 is 22.1 Å². The fraction of sp³-hybridized carbons (Fsp3) is 0.429. The van der Waals surface area contributed by atoms with Crippen LogP contribution in [0.2, 0.25) is 0 Å². The lowest BCUT2D eigenvalue weighted by atomic mass is 9.86. The van der Waals surface area contributed by atoms with E-state index in [1.165, 1.54) is 0 Å². The van der Waals surface area contributed by atoms with E-state index in [2.05, 4.69) is 10.6 Å². The first kappa shape index (κ1) is 15.8. The molecule has 1 atom stereocenters. The number of carbonyl (C=O) groups is 2. The first-order valence-corrected chi connectivity index (χ1v) is 6.35. The van der Waals surface area contributed by atoms with Crippen LogP contribution in [0, 0.1) is 12.3 Å². The number of benzene rings is 1. The Labute approximate surface area is 118 Å². The van der Waals surface area contributed by atoms with Crippen LogP contribution in [0.3, 0.4) is 0 Å². The summed E-state index contributed by atoms with van der Waals surface area (Å²) in [4.78, 5) is 23.4. The van der Waals surface area contributed by atoms with Gasteiger partial charge in [0.1, 0.15) is 6.04 Å². The minimum atomic E-state index is -0.770. The Hall–Kier alpha value is -2.24. The van der Waals surface area contributed by atoms with Crippen molar-refractivity contribution in [2.45, 2.75) is 33.7 Å². The normalized spacial score (nSPS) is 12.6. The zero-order chi connectivity index (χ0) is 15.5. The highest BCUT2D eigenvalue weighted by Crippen LogP contribution is 2.22. The summed E-state index contributed by atoms with van der Waals surface area (Å²) in [6.45, 7) is 7.32. The highest BCUT2D eigenvalue weighted by atomic mass is 16.2. The maximum absolute atomic E-state index is 12.0. The van der Waals surface area contributed by atoms with Gasteiger partial charge in [-0.1, -0.05) is 32.9 Å². The summed E-state index contributed by atoms with van der Waals surface area (Å²) in [5, 5.41) is 5.20. The SMILES string of the molecule is Cc1cccc(NC(=O)N[C@H](C(N)=O)C(C)(C)C)c1N. The summed E-state index contributed by atoms with van der Waals surface area (Å²) in [7, 11) is 0. The van der Waals surface area contributed by atoms with E-state index in [0.29, 0.717) is 11.4 Å². The third-order valence-corrected chi connectivity index (χ3v) is 3.00. The molecule has 0 fully saturated rings. The number of nitrogens with two attached hydrogens (primary N) is 2. The molecule has 0 aliphatic heterocycles. The molecule has 0 heterocycles. The van der Waals surface area contributed by atoms with Gasteiger partial charge in [0, 0.05) is 0 Å². The molecule has 20 heavy (non-hydrogen) atoms. The second kappa shape index (κ2) is 5.81. The number of anilines is 2. The second-order valence-corrected chi connectivity index (χ2v) is 5.84. The number of primary amides is 1. The van der Waals surface area contributed by atoms with Crippen LogP contribution in [0.25, 0.3) is 0 Å². The fourth-order valence-corrected chi connectivity index (χ4v) is 1.79. The fourth-order valence-electron chi connectivity index (χ4n) is 1.79. The number of nitrogens with one attached hydrogen (secondary N) is 2. The van der Waals surface area contributed by atoms with Crippen molar-refractivity contribution in [1.29, 1.82) is 0 Å². The molecule has 0 spiro atoms. The lowest BCUT2D eigenvalue weighted by Gasteiger charge is -2.28. The van der Waals surface area contributed by atoms with Gasteiger partial charge in [-0.15, -0.1) is 0 Å². The van der Waals surface area contributed by atoms with Crippen molar-refractivity contribution < 1.29 is 9.59 Å². The Bertz CT molecular complexity index is 520. The van der Waals surface area contributed by atoms with Crippen molar-refractivity contribution in [3.05, 3.63) is 23.8 Å². The lowest BCUT2D eigenvalue weighted by molar-refractivity contribution is -0.122. The van der Waals surface area contributed by atoms with E-state index in [4.69, 9.17) is 11.5 Å². The van der Waals surface area contributed by atoms with E-state index in [1.807, 2.05) is 33.8 Å². The molecule has 0 bridgehead atoms. The van der Waals surface area contributed by atoms with Crippen LogP contribution >= 0.6 is 0 Å². The molecule has 0 aliphatic rings. The first-order valence-electron chi connectivity index (χ1n) is 6.35. The quantitative estimate of drug-likeness (QED) is 0.630. The van der Waals surface area contributed by atoms with Gasteiger partial charge in [-0.3, -0.25) is 4.79 Å². The van der Waals surface area contributed by atoms with E-state index in [1.54, 1.807) is 12.1 Å². The maximum atomic E-state index is 12.0. The predicted octanol–water partition coefficient (Wildman–Crippen LogP) is 1.60. The largest absolute Gasteiger partial charge is 0.397 e. The van der Waals surface area contributed by atoms with Crippen molar-refractivity contribution in [3.63, 3.8) is 0 Å². The van der Waals surface area contributed by atoms with Crippen LogP contribution in [0.1, 0.15) is 26.3 Å². The Morgan fingerprint density at radius 1 is 1.25 bits per heavy atom. The lowest BCUT2D eigenvalue weighted by Crippen LogP contribution is -2.53. The summed E-state index contributed by atoms with van der Waals surface area (Å²) < 4.78 is 0. The van der Waals surface area contributed by atoms with Gasteiger partial charge in [-0.25, -0.2) is 4.79 Å². The third-order valence-electron chi connectivity index (χ3n) is 3.00. The molecule has 6 nitrogen and oxygen atoms in total. The average molecular weight is 278 g/mol. The number of hydrogen-bond donors (Lipinski definition) is 4. The second-order valence-electron chi connectivity index (χ2n) is 5.84. The van der Waals surface area contributed by atoms with Crippen molar-refractivity contribution in [2.75, 3.05) is 11.1 Å². The average Bonchev–Trinajstić information content (AvgIpc) is 2.30. The van der Waals surface area contributed by atoms with Crippen LogP contribution in [0.15, 0.2) is 18.2 Å². The third kappa shape index (κ3) is 3.88. The molecule has 110 valence electrons. The summed E-state index contributed by atoms with van der Waals surface area (Å²) in [6, 6.07) is 4.05. The number of nitrogen functional groups attached to an aromatic ring is 1. The van der Waals surface area contributed by atoms with Gasteiger partial charge in [-0.2, -0.15) is 0 Å². The van der Waals surface area contributed by atoms with Crippen LogP contribution in [0.5, 0.6) is 0 Å². The van der Waals surface area contributed by atoms with Crippen LogP contribution in [0.4, 0.5) is 16.2 Å². The van der Waals surface area contributed by atoms with E-state index in [-0.39, 0.29) is 0 Å². The number of hydrogen-bond acceptors (Lipinski definition) is 3. The van der Waals surface area contributed by atoms with Gasteiger partial charge in [0.15, 0.2) is 0 Å². The number of amides is 3. The number of rotatable bonds is 3. The molecule has 0 aromatic heterocycles. The highest BCUT2D eigenvalue weighted by molar-refractivity contribution is 5.96. The number of para-hydroxylation sites is 1. The van der Waals surface area contributed by atoms with Crippen LogP contribution in [-0.4, -0.2) is 18.0 Å². The van der Waals surface area contributed by atoms with Gasteiger partial charge in [0.25, 0.3) is 0 Å². The minimum absolute atomic E-state index is 0.471. The molecule has 1 aromatic carbocycles. The van der Waals surface area contributed by atoms with E-state index < -0.39 is 23.4 Å². The van der Waals surface area contributed by atoms with E-state index in [9.17, 15) is 9.59 Å².